The van der Waals surface area contributed by atoms with E-state index in [1.807, 2.05) is 48.5 Å². The van der Waals surface area contributed by atoms with Gasteiger partial charge in [0.2, 0.25) is 0 Å². The van der Waals surface area contributed by atoms with Crippen LogP contribution in [0.5, 0.6) is 0 Å². The summed E-state index contributed by atoms with van der Waals surface area (Å²) in [6, 6.07) is 47.6. The van der Waals surface area contributed by atoms with Gasteiger partial charge >= 0.3 is 0 Å². The summed E-state index contributed by atoms with van der Waals surface area (Å²) in [6.45, 7) is 0. The van der Waals surface area contributed by atoms with Crippen molar-refractivity contribution in [3.05, 3.63) is 150 Å². The first-order valence-electron chi connectivity index (χ1n) is 13.4. The van der Waals surface area contributed by atoms with Crippen LogP contribution in [0.2, 0.25) is 0 Å². The normalized spacial score (nSPS) is 11.6. The summed E-state index contributed by atoms with van der Waals surface area (Å²) >= 11 is 0. The zero-order valence-electron chi connectivity index (χ0n) is 21.5. The van der Waals surface area contributed by atoms with Crippen molar-refractivity contribution in [2.24, 2.45) is 0 Å². The van der Waals surface area contributed by atoms with Gasteiger partial charge in [-0.15, -0.1) is 0 Å². The van der Waals surface area contributed by atoms with Gasteiger partial charge in [0.1, 0.15) is 5.65 Å². The predicted molar refractivity (Wildman–Crippen MR) is 165 cm³/mol. The van der Waals surface area contributed by atoms with Gasteiger partial charge in [-0.05, 0) is 77.2 Å². The maximum absolute atomic E-state index is 13.7. The molecule has 0 amide bonds. The fourth-order valence-electron chi connectivity index (χ4n) is 5.95. The van der Waals surface area contributed by atoms with Crippen molar-refractivity contribution >= 4 is 55.3 Å². The number of anilines is 3. The minimum Gasteiger partial charge on any atom is -0.311 e. The average molecular weight is 514 g/mol. The van der Waals surface area contributed by atoms with Gasteiger partial charge in [-0.1, -0.05) is 78.9 Å². The van der Waals surface area contributed by atoms with Crippen molar-refractivity contribution in [1.29, 1.82) is 0 Å². The average Bonchev–Trinajstić information content (AvgIpc) is 3.41. The van der Waals surface area contributed by atoms with Crippen LogP contribution >= 0.6 is 0 Å². The number of benzene rings is 6. The molecular weight excluding hydrogens is 490 g/mol. The summed E-state index contributed by atoms with van der Waals surface area (Å²) in [5.74, 6) is 0. The molecule has 0 aliphatic carbocycles. The molecule has 0 unspecified atom stereocenters. The Morgan fingerprint density at radius 3 is 1.88 bits per heavy atom. The van der Waals surface area contributed by atoms with E-state index in [1.54, 1.807) is 4.40 Å². The number of aromatic nitrogens is 2. The Labute approximate surface area is 230 Å². The van der Waals surface area contributed by atoms with Crippen molar-refractivity contribution < 1.29 is 0 Å². The van der Waals surface area contributed by atoms with E-state index in [1.165, 1.54) is 0 Å². The molecule has 40 heavy (non-hydrogen) atoms. The maximum atomic E-state index is 13.7. The van der Waals surface area contributed by atoms with E-state index in [9.17, 15) is 4.79 Å². The van der Waals surface area contributed by atoms with Crippen molar-refractivity contribution in [3.8, 4) is 11.1 Å². The quantitative estimate of drug-likeness (QED) is 0.236. The molecule has 0 atom stereocenters. The molecule has 8 rings (SSSR count). The number of hydrogen-bond donors (Lipinski definition) is 0. The zero-order valence-corrected chi connectivity index (χ0v) is 21.5. The van der Waals surface area contributed by atoms with Crippen LogP contribution in [0.3, 0.4) is 0 Å². The summed E-state index contributed by atoms with van der Waals surface area (Å²) in [7, 11) is 0. The van der Waals surface area contributed by atoms with E-state index in [4.69, 9.17) is 4.98 Å². The first-order valence-corrected chi connectivity index (χ1v) is 13.4. The van der Waals surface area contributed by atoms with Gasteiger partial charge in [-0.25, -0.2) is 4.98 Å². The number of fused-ring (bicyclic) bond motifs is 4. The Morgan fingerprint density at radius 2 is 1.15 bits per heavy atom. The van der Waals surface area contributed by atoms with Crippen molar-refractivity contribution in [1.82, 2.24) is 9.38 Å². The van der Waals surface area contributed by atoms with E-state index in [-0.39, 0.29) is 5.56 Å². The van der Waals surface area contributed by atoms with Gasteiger partial charge in [-0.2, -0.15) is 0 Å². The molecule has 0 N–H and O–H groups in total. The van der Waals surface area contributed by atoms with Crippen LogP contribution in [0.15, 0.2) is 144 Å². The topological polar surface area (TPSA) is 37.6 Å². The Morgan fingerprint density at radius 1 is 0.525 bits per heavy atom. The van der Waals surface area contributed by atoms with Crippen molar-refractivity contribution in [3.63, 3.8) is 0 Å². The second-order valence-electron chi connectivity index (χ2n) is 10.0. The number of rotatable bonds is 4. The molecule has 2 aromatic heterocycles. The Kier molecular flexibility index (Phi) is 4.94. The monoisotopic (exact) mass is 513 g/mol. The lowest BCUT2D eigenvalue weighted by molar-refractivity contribution is 1.19. The van der Waals surface area contributed by atoms with Gasteiger partial charge in [0, 0.05) is 33.2 Å². The molecule has 188 valence electrons. The van der Waals surface area contributed by atoms with E-state index in [0.29, 0.717) is 11.0 Å². The summed E-state index contributed by atoms with van der Waals surface area (Å²) < 4.78 is 1.75. The maximum Gasteiger partial charge on any atom is 0.264 e. The molecule has 6 aromatic carbocycles. The summed E-state index contributed by atoms with van der Waals surface area (Å²) in [5.41, 5.74) is 7.81. The zero-order chi connectivity index (χ0) is 26.6. The van der Waals surface area contributed by atoms with Gasteiger partial charge in [-0.3, -0.25) is 9.20 Å². The first kappa shape index (κ1) is 22.5. The highest BCUT2D eigenvalue weighted by molar-refractivity contribution is 6.19. The van der Waals surface area contributed by atoms with E-state index < -0.39 is 0 Å². The third-order valence-corrected chi connectivity index (χ3v) is 7.74. The van der Waals surface area contributed by atoms with Crippen LogP contribution in [-0.2, 0) is 0 Å². The van der Waals surface area contributed by atoms with Gasteiger partial charge in [0.25, 0.3) is 5.56 Å². The highest BCUT2D eigenvalue weighted by Crippen LogP contribution is 2.38. The number of nitrogens with zero attached hydrogens (tertiary/aromatic N) is 3. The van der Waals surface area contributed by atoms with Crippen LogP contribution in [0.4, 0.5) is 17.1 Å². The van der Waals surface area contributed by atoms with Crippen LogP contribution in [-0.4, -0.2) is 9.38 Å². The highest BCUT2D eigenvalue weighted by atomic mass is 16.1. The lowest BCUT2D eigenvalue weighted by Gasteiger charge is -2.25. The molecule has 8 aromatic rings. The second-order valence-corrected chi connectivity index (χ2v) is 10.0. The highest BCUT2D eigenvalue weighted by Gasteiger charge is 2.18. The molecule has 0 spiro atoms. The van der Waals surface area contributed by atoms with E-state index >= 15 is 0 Å². The van der Waals surface area contributed by atoms with Crippen molar-refractivity contribution in [2.75, 3.05) is 4.90 Å². The summed E-state index contributed by atoms with van der Waals surface area (Å²) in [6.07, 6.45) is 0. The molecule has 0 saturated heterocycles. The molecule has 0 bridgehead atoms. The minimum absolute atomic E-state index is 0.0318. The predicted octanol–water partition coefficient (Wildman–Crippen LogP) is 8.73. The largest absolute Gasteiger partial charge is 0.311 e. The van der Waals surface area contributed by atoms with E-state index in [0.717, 1.165) is 55.4 Å². The molecule has 0 fully saturated rings. The van der Waals surface area contributed by atoms with E-state index in [2.05, 4.69) is 95.9 Å². The van der Waals surface area contributed by atoms with Crippen LogP contribution < -0.4 is 10.5 Å². The fraction of sp³-hybridized carbons (Fsp3) is 0. The number of pyridine rings is 1. The third-order valence-electron chi connectivity index (χ3n) is 7.74. The fourth-order valence-corrected chi connectivity index (χ4v) is 5.95. The number of hydrogen-bond acceptors (Lipinski definition) is 3. The lowest BCUT2D eigenvalue weighted by Crippen LogP contribution is -2.13. The molecule has 0 radical (unpaired) electrons. The van der Waals surface area contributed by atoms with Gasteiger partial charge in [0.15, 0.2) is 0 Å². The van der Waals surface area contributed by atoms with Crippen LogP contribution in [0.1, 0.15) is 0 Å². The summed E-state index contributed by atoms with van der Waals surface area (Å²) in [5, 5.41) is 3.71. The molecule has 0 aliphatic heterocycles. The smallest absolute Gasteiger partial charge is 0.264 e. The van der Waals surface area contributed by atoms with Crippen molar-refractivity contribution in [2.45, 2.75) is 0 Å². The Balaban J connectivity index is 1.31. The van der Waals surface area contributed by atoms with Gasteiger partial charge < -0.3 is 4.90 Å². The van der Waals surface area contributed by atoms with Crippen LogP contribution in [0.25, 0.3) is 49.4 Å². The lowest BCUT2D eigenvalue weighted by atomic mass is 9.94. The van der Waals surface area contributed by atoms with Crippen LogP contribution in [0, 0.1) is 0 Å². The molecule has 4 nitrogen and oxygen atoms in total. The molecular formula is C36H23N3O. The van der Waals surface area contributed by atoms with Gasteiger partial charge in [0.05, 0.1) is 11.0 Å². The Hall–Kier alpha value is -5.48. The molecule has 2 heterocycles. The third kappa shape index (κ3) is 3.33. The Bertz CT molecular complexity index is 2180. The second kappa shape index (κ2) is 8.79. The first-order chi connectivity index (χ1) is 19.8. The number of para-hydroxylation sites is 4. The molecule has 0 saturated carbocycles. The number of imidazole rings is 1. The molecule has 4 heteroatoms. The molecule has 0 aliphatic rings. The summed E-state index contributed by atoms with van der Waals surface area (Å²) in [4.78, 5) is 20.8. The standard InChI is InChI=1S/C36H23N3O/c40-36-31-15-9-14-29-28(22-23-30(34(29)31)35-37-32-16-7-8-17-33(32)39(35)36)24-18-20-27(21-19-24)38(25-10-3-1-4-11-25)26-12-5-2-6-13-26/h1-23H. The SMILES string of the molecule is O=c1c2cccc3c(-c4ccc(N(c5ccccc5)c5ccccc5)cc4)ccc(c32)c2nc3ccccc3n12. The minimum atomic E-state index is -0.0318.